The van der Waals surface area contributed by atoms with E-state index in [1.54, 1.807) is 0 Å². The van der Waals surface area contributed by atoms with Crippen LogP contribution in [0.1, 0.15) is 5.69 Å². The largest absolute Gasteiger partial charge is 0.378 e. The topological polar surface area (TPSA) is 32.9 Å². The molecule has 92 valence electrons. The van der Waals surface area contributed by atoms with Crippen LogP contribution >= 0.6 is 21.0 Å². The van der Waals surface area contributed by atoms with Gasteiger partial charge in [0.15, 0.2) is 0 Å². The number of allylic oxidation sites excluding steroid dienone is 2. The summed E-state index contributed by atoms with van der Waals surface area (Å²) in [7, 11) is 4.06. The van der Waals surface area contributed by atoms with E-state index in [1.165, 1.54) is 0 Å². The van der Waals surface area contributed by atoms with E-state index >= 15 is 0 Å². The molecule has 18 heavy (non-hydrogen) atoms. The van der Waals surface area contributed by atoms with Gasteiger partial charge >= 0.3 is 0 Å². The number of hydrogen-bond donors (Lipinski definition) is 0. The maximum Gasteiger partial charge on any atom is 0.139 e. The number of pyridine rings is 1. The first-order valence-corrected chi connectivity index (χ1v) is 7.81. The summed E-state index contributed by atoms with van der Waals surface area (Å²) in [4.78, 5) is 6.73. The van der Waals surface area contributed by atoms with Gasteiger partial charge in [-0.3, -0.25) is 0 Å². The Labute approximate surface area is 116 Å². The Bertz CT molecular complexity index is 679. The highest BCUT2D eigenvalue weighted by Gasteiger charge is 2.07. The zero-order chi connectivity index (χ0) is 12.5. The van der Waals surface area contributed by atoms with Crippen LogP contribution in [0.15, 0.2) is 44.0 Å². The van der Waals surface area contributed by atoms with Crippen molar-refractivity contribution in [2.24, 2.45) is 3.15 Å². The van der Waals surface area contributed by atoms with Gasteiger partial charge in [-0.1, -0.05) is 0 Å². The van der Waals surface area contributed by atoms with Crippen LogP contribution in [0, 0.1) is 0 Å². The SMILES string of the molecule is CN(C)c1ccn2cc(C3=CN=IC=C3)nc2c1. The Balaban J connectivity index is 2.08. The molecule has 1 aliphatic heterocycles. The van der Waals surface area contributed by atoms with Crippen molar-refractivity contribution in [1.29, 1.82) is 0 Å². The molecule has 5 heteroatoms. The maximum atomic E-state index is 4.65. The van der Waals surface area contributed by atoms with E-state index < -0.39 is 0 Å². The third-order valence-corrected chi connectivity index (χ3v) is 4.08. The number of rotatable bonds is 2. The molecule has 4 nitrogen and oxygen atoms in total. The fraction of sp³-hybridized carbons (Fsp3) is 0.154. The highest BCUT2D eigenvalue weighted by Crippen LogP contribution is 2.24. The van der Waals surface area contributed by atoms with Crippen molar-refractivity contribution < 1.29 is 0 Å². The first kappa shape index (κ1) is 11.6. The highest BCUT2D eigenvalue weighted by atomic mass is 127. The number of aromatic nitrogens is 2. The summed E-state index contributed by atoms with van der Waals surface area (Å²) < 4.78 is 8.55. The first-order valence-electron chi connectivity index (χ1n) is 5.60. The lowest BCUT2D eigenvalue weighted by Gasteiger charge is -2.11. The summed E-state index contributed by atoms with van der Waals surface area (Å²) in [6, 6.07) is 4.17. The first-order chi connectivity index (χ1) is 8.74. The standard InChI is InChI=1S/C13H13IN4/c1-17(2)11-4-6-18-9-12(16-13(18)7-11)10-3-5-14-15-8-10/h3-9H,1-2H3. The van der Waals surface area contributed by atoms with E-state index in [0.717, 1.165) is 22.6 Å². The molecule has 0 fully saturated rings. The fourth-order valence-corrected chi connectivity index (χ4v) is 2.99. The van der Waals surface area contributed by atoms with E-state index in [0.29, 0.717) is 0 Å². The molecule has 0 atom stereocenters. The smallest absolute Gasteiger partial charge is 0.139 e. The van der Waals surface area contributed by atoms with E-state index in [9.17, 15) is 0 Å². The van der Waals surface area contributed by atoms with E-state index in [4.69, 9.17) is 0 Å². The molecule has 3 rings (SSSR count). The van der Waals surface area contributed by atoms with E-state index in [-0.39, 0.29) is 21.0 Å². The zero-order valence-electron chi connectivity index (χ0n) is 10.2. The quantitative estimate of drug-likeness (QED) is 0.776. The fourth-order valence-electron chi connectivity index (χ4n) is 1.79. The lowest BCUT2D eigenvalue weighted by Crippen LogP contribution is -2.08. The van der Waals surface area contributed by atoms with Crippen LogP contribution in [0.2, 0.25) is 0 Å². The minimum atomic E-state index is -0.116. The summed E-state index contributed by atoms with van der Waals surface area (Å²) >= 11 is -0.116. The summed E-state index contributed by atoms with van der Waals surface area (Å²) in [5.74, 6) is 0. The normalized spacial score (nSPS) is 14.4. The summed E-state index contributed by atoms with van der Waals surface area (Å²) in [5, 5.41) is 0. The zero-order valence-corrected chi connectivity index (χ0v) is 12.4. The lowest BCUT2D eigenvalue weighted by molar-refractivity contribution is 1.10. The van der Waals surface area contributed by atoms with Gasteiger partial charge in [-0.15, -0.1) is 0 Å². The maximum absolute atomic E-state index is 4.65. The molecule has 0 bridgehead atoms. The predicted molar refractivity (Wildman–Crippen MR) is 83.1 cm³/mol. The van der Waals surface area contributed by atoms with Crippen LogP contribution in [0.5, 0.6) is 0 Å². The Kier molecular flexibility index (Phi) is 2.99. The van der Waals surface area contributed by atoms with Crippen LogP contribution in [-0.4, -0.2) is 23.5 Å². The third kappa shape index (κ3) is 2.10. The van der Waals surface area contributed by atoms with Crippen LogP contribution in [0.4, 0.5) is 5.69 Å². The van der Waals surface area contributed by atoms with Crippen molar-refractivity contribution in [2.75, 3.05) is 19.0 Å². The van der Waals surface area contributed by atoms with Crippen LogP contribution < -0.4 is 4.90 Å². The monoisotopic (exact) mass is 352 g/mol. The lowest BCUT2D eigenvalue weighted by atomic mass is 10.2. The number of halogens is 1. The average Bonchev–Trinajstić information content (AvgIpc) is 2.82. The molecule has 0 amide bonds. The summed E-state index contributed by atoms with van der Waals surface area (Å²) in [6.07, 6.45) is 8.14. The second-order valence-corrected chi connectivity index (χ2v) is 6.08. The Morgan fingerprint density at radius 3 is 2.94 bits per heavy atom. The van der Waals surface area contributed by atoms with Gasteiger partial charge < -0.3 is 9.30 Å². The minimum absolute atomic E-state index is 0.116. The number of hydrogen-bond acceptors (Lipinski definition) is 3. The van der Waals surface area contributed by atoms with Gasteiger partial charge in [0.1, 0.15) is 5.65 Å². The average molecular weight is 352 g/mol. The van der Waals surface area contributed by atoms with Crippen molar-refractivity contribution in [3.8, 4) is 0 Å². The number of imidazole rings is 1. The van der Waals surface area contributed by atoms with Gasteiger partial charge in [-0.05, 0) is 16.2 Å². The third-order valence-electron chi connectivity index (χ3n) is 2.80. The predicted octanol–water partition coefficient (Wildman–Crippen LogP) is 3.42. The van der Waals surface area contributed by atoms with Gasteiger partial charge in [0, 0.05) is 71.0 Å². The minimum Gasteiger partial charge on any atom is -0.378 e. The number of nitrogens with zero attached hydrogens (tertiary/aromatic N) is 4. The van der Waals surface area contributed by atoms with Gasteiger partial charge in [0.2, 0.25) is 0 Å². The molecule has 1 aliphatic rings. The molecular formula is C13H13IN4. The molecule has 0 unspecified atom stereocenters. The van der Waals surface area contributed by atoms with Gasteiger partial charge in [-0.25, -0.2) is 8.13 Å². The molecule has 0 saturated heterocycles. The number of fused-ring (bicyclic) bond motifs is 1. The molecular weight excluding hydrogens is 339 g/mol. The number of anilines is 1. The second-order valence-electron chi connectivity index (χ2n) is 4.24. The summed E-state index contributed by atoms with van der Waals surface area (Å²) in [5.41, 5.74) is 4.19. The summed E-state index contributed by atoms with van der Waals surface area (Å²) in [6.45, 7) is 0. The molecule has 0 saturated carbocycles. The molecule has 2 aromatic heterocycles. The van der Waals surface area contributed by atoms with Crippen LogP contribution in [0.25, 0.3) is 11.2 Å². The molecule has 2 aromatic rings. The van der Waals surface area contributed by atoms with Crippen molar-refractivity contribution in [1.82, 2.24) is 9.38 Å². The van der Waals surface area contributed by atoms with Gasteiger partial charge in [-0.2, -0.15) is 0 Å². The molecule has 0 aromatic carbocycles. The Hall–Kier alpha value is -1.50. The molecule has 0 aliphatic carbocycles. The molecule has 3 heterocycles. The molecule has 0 radical (unpaired) electrons. The van der Waals surface area contributed by atoms with Crippen molar-refractivity contribution in [3.63, 3.8) is 0 Å². The van der Waals surface area contributed by atoms with E-state index in [1.807, 2.05) is 37.1 Å². The molecule has 0 N–H and O–H groups in total. The van der Waals surface area contributed by atoms with Crippen LogP contribution in [0.3, 0.4) is 0 Å². The van der Waals surface area contributed by atoms with Crippen molar-refractivity contribution in [3.05, 3.63) is 46.6 Å². The Morgan fingerprint density at radius 2 is 2.22 bits per heavy atom. The Morgan fingerprint density at radius 1 is 1.33 bits per heavy atom. The van der Waals surface area contributed by atoms with Gasteiger partial charge in [0.25, 0.3) is 0 Å². The van der Waals surface area contributed by atoms with Gasteiger partial charge in [0.05, 0.1) is 5.69 Å². The van der Waals surface area contributed by atoms with Crippen molar-refractivity contribution >= 4 is 37.9 Å². The second kappa shape index (κ2) is 4.64. The molecule has 0 spiro atoms. The van der Waals surface area contributed by atoms with E-state index in [2.05, 4.69) is 35.3 Å². The van der Waals surface area contributed by atoms with Crippen LogP contribution in [-0.2, 0) is 0 Å². The highest BCUT2D eigenvalue weighted by molar-refractivity contribution is 14.2. The van der Waals surface area contributed by atoms with Crippen molar-refractivity contribution in [2.45, 2.75) is 0 Å².